The van der Waals surface area contributed by atoms with E-state index >= 15 is 0 Å². The zero-order valence-corrected chi connectivity index (χ0v) is 18.4. The number of amides is 1. The number of hydrogen-bond acceptors (Lipinski definition) is 4. The molecule has 1 saturated heterocycles. The first-order valence-electron chi connectivity index (χ1n) is 10.7. The van der Waals surface area contributed by atoms with Crippen molar-refractivity contribution >= 4 is 34.7 Å². The van der Waals surface area contributed by atoms with Crippen molar-refractivity contribution in [3.05, 3.63) is 93.4 Å². The Morgan fingerprint density at radius 1 is 1.06 bits per heavy atom. The summed E-state index contributed by atoms with van der Waals surface area (Å²) in [6, 6.07) is 13.4. The third kappa shape index (κ3) is 3.33. The Bertz CT molecular complexity index is 1260. The zero-order chi connectivity index (χ0) is 22.4. The van der Waals surface area contributed by atoms with Crippen LogP contribution in [-0.2, 0) is 22.4 Å². The molecular formula is C26H22ClNO4. The van der Waals surface area contributed by atoms with Gasteiger partial charge in [-0.2, -0.15) is 0 Å². The molecule has 5 rings (SSSR count). The number of fused-ring (bicyclic) bond motifs is 1. The molecule has 1 aliphatic heterocycles. The molecule has 1 aliphatic carbocycles. The molecule has 1 unspecified atom stereocenters. The fourth-order valence-corrected chi connectivity index (χ4v) is 4.84. The number of nitrogens with zero attached hydrogens (tertiary/aromatic N) is 1. The summed E-state index contributed by atoms with van der Waals surface area (Å²) in [5, 5.41) is 11.7. The standard InChI is InChI=1S/C26H22ClNO4/c1-15-8-11-19(27)14-20(15)28-23(21-7-4-12-32-21)22(25(30)26(28)31)24(29)18-10-9-16-5-2-3-6-17(16)13-18/h4,7-14,23,29H,2-3,5-6H2,1H3/b24-22-. The Kier molecular flexibility index (Phi) is 5.14. The van der Waals surface area contributed by atoms with E-state index in [0.29, 0.717) is 22.0 Å². The lowest BCUT2D eigenvalue weighted by Gasteiger charge is -2.25. The third-order valence-corrected chi connectivity index (χ3v) is 6.54. The molecule has 1 fully saturated rings. The van der Waals surface area contributed by atoms with E-state index in [1.165, 1.54) is 22.3 Å². The van der Waals surface area contributed by atoms with Crippen LogP contribution in [-0.4, -0.2) is 16.8 Å². The van der Waals surface area contributed by atoms with Crippen LogP contribution in [0.2, 0.25) is 5.02 Å². The highest BCUT2D eigenvalue weighted by Gasteiger charge is 2.48. The number of ketones is 1. The van der Waals surface area contributed by atoms with Crippen molar-refractivity contribution in [1.29, 1.82) is 0 Å². The minimum Gasteiger partial charge on any atom is -0.507 e. The van der Waals surface area contributed by atoms with Gasteiger partial charge >= 0.3 is 0 Å². The van der Waals surface area contributed by atoms with Gasteiger partial charge in [-0.05, 0) is 79.6 Å². The maximum atomic E-state index is 13.2. The van der Waals surface area contributed by atoms with Gasteiger partial charge in [-0.1, -0.05) is 29.8 Å². The molecule has 0 spiro atoms. The van der Waals surface area contributed by atoms with Gasteiger partial charge in [0.05, 0.1) is 11.8 Å². The van der Waals surface area contributed by atoms with Crippen molar-refractivity contribution in [2.45, 2.75) is 38.6 Å². The highest BCUT2D eigenvalue weighted by molar-refractivity contribution is 6.51. The summed E-state index contributed by atoms with van der Waals surface area (Å²) in [5.74, 6) is -1.28. The first kappa shape index (κ1) is 20.6. The van der Waals surface area contributed by atoms with Crippen LogP contribution in [0.1, 0.15) is 46.9 Å². The number of aliphatic hydroxyl groups is 1. The number of Topliss-reactive ketones (excluding diaryl/α,β-unsaturated/α-hetero) is 1. The van der Waals surface area contributed by atoms with Gasteiger partial charge in [0.25, 0.3) is 11.7 Å². The van der Waals surface area contributed by atoms with Crippen LogP contribution in [0.3, 0.4) is 0 Å². The predicted octanol–water partition coefficient (Wildman–Crippen LogP) is 5.75. The quantitative estimate of drug-likeness (QED) is 0.315. The molecule has 1 aromatic heterocycles. The molecule has 2 aromatic carbocycles. The van der Waals surface area contributed by atoms with E-state index in [1.54, 1.807) is 30.3 Å². The summed E-state index contributed by atoms with van der Waals surface area (Å²) in [6.07, 6.45) is 5.69. The molecule has 1 N–H and O–H groups in total. The number of furan rings is 1. The van der Waals surface area contributed by atoms with Crippen molar-refractivity contribution in [2.75, 3.05) is 4.90 Å². The predicted molar refractivity (Wildman–Crippen MR) is 123 cm³/mol. The Labute approximate surface area is 190 Å². The molecule has 1 amide bonds. The molecule has 6 heteroatoms. The molecule has 3 aromatic rings. The van der Waals surface area contributed by atoms with E-state index in [2.05, 4.69) is 0 Å². The van der Waals surface area contributed by atoms with Gasteiger partial charge in [0.15, 0.2) is 0 Å². The first-order valence-corrected chi connectivity index (χ1v) is 11.1. The van der Waals surface area contributed by atoms with E-state index in [-0.39, 0.29) is 11.3 Å². The van der Waals surface area contributed by atoms with E-state index in [0.717, 1.165) is 31.2 Å². The number of rotatable bonds is 3. The summed E-state index contributed by atoms with van der Waals surface area (Å²) < 4.78 is 5.62. The van der Waals surface area contributed by atoms with Gasteiger partial charge in [-0.3, -0.25) is 14.5 Å². The minimum atomic E-state index is -0.891. The highest BCUT2D eigenvalue weighted by atomic mass is 35.5. The minimum absolute atomic E-state index is 0.0140. The third-order valence-electron chi connectivity index (χ3n) is 6.31. The van der Waals surface area contributed by atoms with Crippen LogP contribution < -0.4 is 4.90 Å². The zero-order valence-electron chi connectivity index (χ0n) is 17.6. The lowest BCUT2D eigenvalue weighted by molar-refractivity contribution is -0.132. The summed E-state index contributed by atoms with van der Waals surface area (Å²) in [5.41, 5.74) is 4.27. The van der Waals surface area contributed by atoms with Crippen LogP contribution in [0.4, 0.5) is 5.69 Å². The lowest BCUT2D eigenvalue weighted by atomic mass is 9.89. The summed E-state index contributed by atoms with van der Waals surface area (Å²) >= 11 is 6.21. The number of benzene rings is 2. The number of anilines is 1. The summed E-state index contributed by atoms with van der Waals surface area (Å²) in [7, 11) is 0. The number of aryl methyl sites for hydroxylation is 3. The summed E-state index contributed by atoms with van der Waals surface area (Å²) in [4.78, 5) is 27.8. The van der Waals surface area contributed by atoms with Gasteiger partial charge in [-0.15, -0.1) is 0 Å². The Balaban J connectivity index is 1.70. The number of aliphatic hydroxyl groups excluding tert-OH is 1. The molecule has 162 valence electrons. The van der Waals surface area contributed by atoms with Gasteiger partial charge in [-0.25, -0.2) is 0 Å². The monoisotopic (exact) mass is 447 g/mol. The fourth-order valence-electron chi connectivity index (χ4n) is 4.68. The second-order valence-electron chi connectivity index (χ2n) is 8.31. The second kappa shape index (κ2) is 7.99. The van der Waals surface area contributed by atoms with E-state index in [1.807, 2.05) is 25.1 Å². The first-order chi connectivity index (χ1) is 15.5. The normalized spacial score (nSPS) is 19.9. The van der Waals surface area contributed by atoms with Gasteiger partial charge in [0, 0.05) is 16.3 Å². The van der Waals surface area contributed by atoms with Crippen LogP contribution in [0.5, 0.6) is 0 Å². The fraction of sp³-hybridized carbons (Fsp3) is 0.231. The second-order valence-corrected chi connectivity index (χ2v) is 8.74. The van der Waals surface area contributed by atoms with Crippen LogP contribution in [0, 0.1) is 6.92 Å². The number of hydrogen-bond donors (Lipinski definition) is 1. The van der Waals surface area contributed by atoms with E-state index in [9.17, 15) is 14.7 Å². The number of halogens is 1. The Hall–Kier alpha value is -3.31. The molecular weight excluding hydrogens is 426 g/mol. The number of carbonyl (C=O) groups excluding carboxylic acids is 2. The molecule has 0 saturated carbocycles. The highest BCUT2D eigenvalue weighted by Crippen LogP contribution is 2.44. The average Bonchev–Trinajstić information content (AvgIpc) is 3.42. The van der Waals surface area contributed by atoms with Crippen molar-refractivity contribution in [1.82, 2.24) is 0 Å². The van der Waals surface area contributed by atoms with Gasteiger partial charge in [0.2, 0.25) is 0 Å². The van der Waals surface area contributed by atoms with Crippen LogP contribution in [0.15, 0.2) is 64.8 Å². The summed E-state index contributed by atoms with van der Waals surface area (Å²) in [6.45, 7) is 1.84. The molecule has 32 heavy (non-hydrogen) atoms. The Morgan fingerprint density at radius 2 is 1.84 bits per heavy atom. The van der Waals surface area contributed by atoms with Crippen LogP contribution in [0.25, 0.3) is 5.76 Å². The van der Waals surface area contributed by atoms with Gasteiger partial charge < -0.3 is 9.52 Å². The van der Waals surface area contributed by atoms with Crippen molar-refractivity contribution in [2.24, 2.45) is 0 Å². The SMILES string of the molecule is Cc1ccc(Cl)cc1N1C(=O)C(=O)/C(=C(\O)c2ccc3c(c2)CCCC3)C1c1ccco1. The number of carbonyl (C=O) groups is 2. The van der Waals surface area contributed by atoms with Crippen molar-refractivity contribution in [3.63, 3.8) is 0 Å². The molecule has 0 bridgehead atoms. The van der Waals surface area contributed by atoms with Crippen LogP contribution >= 0.6 is 11.6 Å². The lowest BCUT2D eigenvalue weighted by Crippen LogP contribution is -2.30. The van der Waals surface area contributed by atoms with Crippen molar-refractivity contribution < 1.29 is 19.1 Å². The molecule has 0 radical (unpaired) electrons. The van der Waals surface area contributed by atoms with E-state index in [4.69, 9.17) is 16.0 Å². The van der Waals surface area contributed by atoms with E-state index < -0.39 is 17.7 Å². The maximum absolute atomic E-state index is 13.2. The Morgan fingerprint density at radius 3 is 2.59 bits per heavy atom. The largest absolute Gasteiger partial charge is 0.507 e. The smallest absolute Gasteiger partial charge is 0.300 e. The maximum Gasteiger partial charge on any atom is 0.300 e. The topological polar surface area (TPSA) is 70.8 Å². The van der Waals surface area contributed by atoms with Gasteiger partial charge in [0.1, 0.15) is 17.6 Å². The average molecular weight is 448 g/mol. The molecule has 1 atom stereocenters. The molecule has 5 nitrogen and oxygen atoms in total. The molecule has 2 aliphatic rings. The molecule has 2 heterocycles. The van der Waals surface area contributed by atoms with Crippen molar-refractivity contribution in [3.8, 4) is 0 Å².